The maximum absolute atomic E-state index is 15.1. The Bertz CT molecular complexity index is 2410. The van der Waals surface area contributed by atoms with Crippen molar-refractivity contribution < 1.29 is 24.2 Å². The summed E-state index contributed by atoms with van der Waals surface area (Å²) in [6.45, 7) is 0.0910. The van der Waals surface area contributed by atoms with Gasteiger partial charge in [0, 0.05) is 17.4 Å². The van der Waals surface area contributed by atoms with E-state index in [0.717, 1.165) is 10.1 Å². The van der Waals surface area contributed by atoms with E-state index in [1.807, 2.05) is 85.0 Å². The molecule has 10 heteroatoms. The molecule has 0 amide bonds. The maximum Gasteiger partial charge on any atom is 0.352 e. The van der Waals surface area contributed by atoms with E-state index in [-0.39, 0.29) is 41.8 Å². The van der Waals surface area contributed by atoms with Gasteiger partial charge in [0.05, 0.1) is 37.9 Å². The van der Waals surface area contributed by atoms with Crippen LogP contribution in [0.1, 0.15) is 29.2 Å². The van der Waals surface area contributed by atoms with Crippen LogP contribution in [-0.4, -0.2) is 44.8 Å². The van der Waals surface area contributed by atoms with Gasteiger partial charge < -0.3 is 14.6 Å². The molecule has 0 radical (unpaired) electrons. The van der Waals surface area contributed by atoms with E-state index >= 15 is 4.79 Å². The SMILES string of the molecule is COc1cc(C=CC2C3=CCn4c(=O)n(-c5ccccc5)c(=O)n4C3CC3C(=O)C(c4ccccc4)=CC(=O)C23c2ccccc2)cc(OC)c1O. The van der Waals surface area contributed by atoms with Gasteiger partial charge in [0.1, 0.15) is 0 Å². The number of phenolic OH excluding ortho intramolecular Hbond substituents is 1. The molecule has 0 saturated heterocycles. The van der Waals surface area contributed by atoms with Gasteiger partial charge in [-0.05, 0) is 59.0 Å². The number of fused-ring (bicyclic) bond motifs is 4. The highest BCUT2D eigenvalue weighted by Crippen LogP contribution is 2.58. The second kappa shape index (κ2) is 12.7. The van der Waals surface area contributed by atoms with Crippen molar-refractivity contribution in [2.24, 2.45) is 11.8 Å². The van der Waals surface area contributed by atoms with E-state index in [0.29, 0.717) is 28.0 Å². The van der Waals surface area contributed by atoms with Gasteiger partial charge in [-0.2, -0.15) is 0 Å². The lowest BCUT2D eigenvalue weighted by atomic mass is 9.49. The molecule has 1 aromatic heterocycles. The zero-order valence-corrected chi connectivity index (χ0v) is 28.5. The van der Waals surface area contributed by atoms with Crippen LogP contribution in [-0.2, 0) is 21.5 Å². The quantitative estimate of drug-likeness (QED) is 0.223. The molecule has 52 heavy (non-hydrogen) atoms. The zero-order valence-electron chi connectivity index (χ0n) is 28.5. The lowest BCUT2D eigenvalue weighted by molar-refractivity contribution is -0.133. The van der Waals surface area contributed by atoms with Gasteiger partial charge >= 0.3 is 11.4 Å². The fourth-order valence-electron chi connectivity index (χ4n) is 8.40. The number of hydrogen-bond donors (Lipinski definition) is 1. The van der Waals surface area contributed by atoms with E-state index in [1.54, 1.807) is 36.4 Å². The lowest BCUT2D eigenvalue weighted by Crippen LogP contribution is -2.59. The summed E-state index contributed by atoms with van der Waals surface area (Å²) in [4.78, 5) is 58.3. The predicted molar refractivity (Wildman–Crippen MR) is 196 cm³/mol. The van der Waals surface area contributed by atoms with Crippen LogP contribution in [0.5, 0.6) is 17.2 Å². The number of rotatable bonds is 7. The minimum atomic E-state index is -1.38. The van der Waals surface area contributed by atoms with E-state index in [2.05, 4.69) is 0 Å². The molecule has 0 spiro atoms. The summed E-state index contributed by atoms with van der Waals surface area (Å²) in [5.41, 5.74) is 1.03. The second-order valence-corrected chi connectivity index (χ2v) is 13.2. The third-order valence-corrected chi connectivity index (χ3v) is 10.7. The van der Waals surface area contributed by atoms with E-state index in [4.69, 9.17) is 9.47 Å². The molecule has 8 rings (SSSR count). The molecule has 1 aliphatic heterocycles. The lowest BCUT2D eigenvalue weighted by Gasteiger charge is -2.53. The van der Waals surface area contributed by atoms with E-state index in [1.165, 1.54) is 29.7 Å². The van der Waals surface area contributed by atoms with Crippen molar-refractivity contribution in [3.05, 3.63) is 165 Å². The highest BCUT2D eigenvalue weighted by molar-refractivity contribution is 6.31. The highest BCUT2D eigenvalue weighted by Gasteiger charge is 2.62. The molecular weight excluding hydrogens is 658 g/mol. The number of aromatic nitrogens is 3. The summed E-state index contributed by atoms with van der Waals surface area (Å²) in [5, 5.41) is 10.6. The van der Waals surface area contributed by atoms with Crippen LogP contribution in [0.3, 0.4) is 0 Å². The van der Waals surface area contributed by atoms with Crippen molar-refractivity contribution in [1.82, 2.24) is 13.9 Å². The molecule has 2 heterocycles. The molecule has 1 N–H and O–H groups in total. The van der Waals surface area contributed by atoms with Crippen molar-refractivity contribution >= 4 is 23.2 Å². The van der Waals surface area contributed by atoms with Gasteiger partial charge in [0.25, 0.3) is 0 Å². The topological polar surface area (TPSA) is 122 Å². The normalized spacial score (nSPS) is 22.2. The number of carbonyl (C=O) groups excluding carboxylic acids is 2. The summed E-state index contributed by atoms with van der Waals surface area (Å²) in [6.07, 6.45) is 7.21. The van der Waals surface area contributed by atoms with Crippen LogP contribution in [0, 0.1) is 11.8 Å². The van der Waals surface area contributed by atoms with Crippen LogP contribution in [0.4, 0.5) is 0 Å². The number of benzene rings is 4. The smallest absolute Gasteiger partial charge is 0.352 e. The molecule has 2 aliphatic carbocycles. The van der Waals surface area contributed by atoms with Crippen LogP contribution in [0.15, 0.2) is 137 Å². The number of Topliss-reactive ketones (excluding diaryl/α,β-unsaturated/α-hetero) is 1. The zero-order chi connectivity index (χ0) is 36.1. The molecule has 5 aromatic rings. The van der Waals surface area contributed by atoms with Crippen LogP contribution < -0.4 is 20.9 Å². The summed E-state index contributed by atoms with van der Waals surface area (Å²) in [7, 11) is 2.88. The van der Waals surface area contributed by atoms with Gasteiger partial charge in [-0.25, -0.2) is 23.5 Å². The van der Waals surface area contributed by atoms with Crippen LogP contribution in [0.25, 0.3) is 17.3 Å². The molecular formula is C42H35N3O7. The Hall–Kier alpha value is -6.42. The fraction of sp³-hybridized carbons (Fsp3) is 0.190. The molecule has 0 bridgehead atoms. The Morgan fingerprint density at radius 2 is 1.42 bits per heavy atom. The molecule has 4 atom stereocenters. The summed E-state index contributed by atoms with van der Waals surface area (Å²) in [5.74, 6) is -1.83. The number of carbonyl (C=O) groups is 2. The number of nitrogens with zero attached hydrogens (tertiary/aromatic N) is 3. The fourth-order valence-corrected chi connectivity index (χ4v) is 8.40. The number of allylic oxidation sites excluding steroid dienone is 5. The minimum Gasteiger partial charge on any atom is -0.502 e. The van der Waals surface area contributed by atoms with Crippen LogP contribution >= 0.6 is 0 Å². The molecule has 3 aliphatic rings. The standard InChI is InChI=1S/C42H35N3O7/c1-51-35-22-26(23-36(52-2)39(35)48)18-19-32-30-20-21-43-40(49)44(29-16-10-5-11-17-29)41(50)45(43)34(30)25-33-38(47)31(27-12-6-3-7-13-27)24-37(46)42(32,33)28-14-8-4-9-15-28/h3-20,22-24,32-34,48H,21,25H2,1-2H3. The largest absolute Gasteiger partial charge is 0.502 e. The Morgan fingerprint density at radius 3 is 2.06 bits per heavy atom. The van der Waals surface area contributed by atoms with Crippen molar-refractivity contribution in [1.29, 1.82) is 0 Å². The number of para-hydroxylation sites is 1. The van der Waals surface area contributed by atoms with Gasteiger partial charge in [0.15, 0.2) is 23.1 Å². The van der Waals surface area contributed by atoms with Crippen molar-refractivity contribution in [2.45, 2.75) is 24.4 Å². The molecule has 4 aromatic carbocycles. The Kier molecular flexibility index (Phi) is 8.02. The number of ether oxygens (including phenoxy) is 2. The Morgan fingerprint density at radius 1 is 0.808 bits per heavy atom. The predicted octanol–water partition coefficient (Wildman–Crippen LogP) is 5.53. The average Bonchev–Trinajstić information content (AvgIpc) is 3.44. The first-order valence-corrected chi connectivity index (χ1v) is 17.0. The Balaban J connectivity index is 1.38. The molecule has 10 nitrogen and oxygen atoms in total. The first kappa shape index (κ1) is 32.8. The number of hydrogen-bond acceptors (Lipinski definition) is 7. The molecule has 1 saturated carbocycles. The van der Waals surface area contributed by atoms with Crippen molar-refractivity contribution in [2.75, 3.05) is 14.2 Å². The van der Waals surface area contributed by atoms with Gasteiger partial charge in [-0.3, -0.25) is 9.59 Å². The highest BCUT2D eigenvalue weighted by atomic mass is 16.5. The van der Waals surface area contributed by atoms with Crippen molar-refractivity contribution in [3.63, 3.8) is 0 Å². The number of aromatic hydroxyl groups is 1. The molecule has 260 valence electrons. The average molecular weight is 694 g/mol. The van der Waals surface area contributed by atoms with Gasteiger partial charge in [-0.1, -0.05) is 97.1 Å². The Labute approximate surface area is 298 Å². The maximum atomic E-state index is 15.1. The third kappa shape index (κ3) is 4.85. The summed E-state index contributed by atoms with van der Waals surface area (Å²) < 4.78 is 14.9. The monoisotopic (exact) mass is 693 g/mol. The second-order valence-electron chi connectivity index (χ2n) is 13.2. The number of phenols is 1. The van der Waals surface area contributed by atoms with Crippen LogP contribution in [0.2, 0.25) is 0 Å². The third-order valence-electron chi connectivity index (χ3n) is 10.7. The molecule has 4 unspecified atom stereocenters. The molecule has 1 fully saturated rings. The van der Waals surface area contributed by atoms with Gasteiger partial charge in [0.2, 0.25) is 5.75 Å². The summed E-state index contributed by atoms with van der Waals surface area (Å²) >= 11 is 0. The van der Waals surface area contributed by atoms with E-state index in [9.17, 15) is 19.5 Å². The van der Waals surface area contributed by atoms with Crippen molar-refractivity contribution in [3.8, 4) is 22.9 Å². The number of methoxy groups -OCH3 is 2. The summed E-state index contributed by atoms with van der Waals surface area (Å²) in [6, 6.07) is 29.8. The minimum absolute atomic E-state index is 0.0910. The number of ketones is 2. The first-order chi connectivity index (χ1) is 25.3. The first-order valence-electron chi connectivity index (χ1n) is 17.0. The van der Waals surface area contributed by atoms with Gasteiger partial charge in [-0.15, -0.1) is 0 Å². The van der Waals surface area contributed by atoms with E-state index < -0.39 is 34.7 Å².